The number of rotatable bonds is 4. The molecule has 0 saturated heterocycles. The Hall–Kier alpha value is 0.640. The quantitative estimate of drug-likeness (QED) is 0.394. The molecule has 0 aliphatic heterocycles. The molecule has 0 radical (unpaired) electrons. The number of allylic oxidation sites excluding steroid dienone is 8. The van der Waals surface area contributed by atoms with Crippen molar-refractivity contribution in [2.45, 2.75) is 49.9 Å². The number of halogens is 2. The van der Waals surface area contributed by atoms with Crippen molar-refractivity contribution in [1.82, 2.24) is 0 Å². The summed E-state index contributed by atoms with van der Waals surface area (Å²) in [6, 6.07) is 2.90. The van der Waals surface area contributed by atoms with E-state index in [9.17, 15) is 0 Å². The summed E-state index contributed by atoms with van der Waals surface area (Å²) in [5, 5.41) is 0. The predicted octanol–water partition coefficient (Wildman–Crippen LogP) is 0.154. The first kappa shape index (κ1) is 24.7. The van der Waals surface area contributed by atoms with Crippen molar-refractivity contribution >= 4 is 8.07 Å². The third-order valence-electron chi connectivity index (χ3n) is 7.35. The average molecular weight is 485 g/mol. The summed E-state index contributed by atoms with van der Waals surface area (Å²) in [7, 11) is -1.30. The summed E-state index contributed by atoms with van der Waals surface area (Å²) in [6.45, 7) is 5.00. The Bertz CT molecular complexity index is 478. The van der Waals surface area contributed by atoms with Crippen LogP contribution in [0.2, 0.25) is 23.2 Å². The Morgan fingerprint density at radius 2 is 1.12 bits per heavy atom. The second kappa shape index (κ2) is 10.4. The van der Waals surface area contributed by atoms with Crippen molar-refractivity contribution in [1.29, 1.82) is 0 Å². The van der Waals surface area contributed by atoms with Gasteiger partial charge in [0.15, 0.2) is 0 Å². The second-order valence-corrected chi connectivity index (χ2v) is 13.4. The predicted molar refractivity (Wildman–Crippen MR) is 103 cm³/mol. The molecule has 0 aromatic heterocycles. The fourth-order valence-electron chi connectivity index (χ4n) is 5.93. The first-order valence-electron chi connectivity index (χ1n) is 9.66. The van der Waals surface area contributed by atoms with Crippen molar-refractivity contribution < 1.29 is 51.0 Å². The van der Waals surface area contributed by atoms with Gasteiger partial charge in [0.2, 0.25) is 0 Å². The van der Waals surface area contributed by atoms with Gasteiger partial charge in [-0.1, -0.05) is 75.2 Å². The van der Waals surface area contributed by atoms with Crippen molar-refractivity contribution in [3.8, 4) is 0 Å². The van der Waals surface area contributed by atoms with Gasteiger partial charge < -0.3 is 37.7 Å². The molecule has 2 fully saturated rings. The van der Waals surface area contributed by atoms with Crippen LogP contribution < -0.4 is 24.8 Å². The molecule has 0 bridgehead atoms. The molecule has 0 aromatic carbocycles. The van der Waals surface area contributed by atoms with Gasteiger partial charge in [-0.15, -0.1) is 24.0 Å². The Balaban J connectivity index is 0.00000113. The molecule has 140 valence electrons. The van der Waals surface area contributed by atoms with Gasteiger partial charge in [-0.05, 0) is 11.8 Å². The largest absolute Gasteiger partial charge is 4.00 e. The van der Waals surface area contributed by atoms with Crippen LogP contribution in [-0.4, -0.2) is 8.07 Å². The normalized spacial score (nSPS) is 36.5. The zero-order chi connectivity index (χ0) is 15.9. The molecule has 0 spiro atoms. The van der Waals surface area contributed by atoms with Crippen molar-refractivity contribution in [2.75, 3.05) is 0 Å². The van der Waals surface area contributed by atoms with Crippen LogP contribution in [0, 0.1) is 36.5 Å². The molecule has 0 aromatic rings. The maximum absolute atomic E-state index is 2.77. The Kier molecular flexibility index (Phi) is 9.90. The van der Waals surface area contributed by atoms with Crippen molar-refractivity contribution in [2.24, 2.45) is 23.7 Å². The molecule has 4 heteroatoms. The molecule has 0 amide bonds. The minimum atomic E-state index is -1.30. The monoisotopic (exact) mass is 482 g/mol. The topological polar surface area (TPSA) is 0 Å². The molecule has 0 N–H and O–H groups in total. The summed E-state index contributed by atoms with van der Waals surface area (Å²) >= 11 is 0. The summed E-state index contributed by atoms with van der Waals surface area (Å²) in [4.78, 5) is 0. The van der Waals surface area contributed by atoms with Crippen molar-refractivity contribution in [3.05, 3.63) is 61.4 Å². The van der Waals surface area contributed by atoms with E-state index in [1.807, 2.05) is 0 Å². The van der Waals surface area contributed by atoms with E-state index < -0.39 is 8.07 Å². The van der Waals surface area contributed by atoms with Crippen LogP contribution in [0.15, 0.2) is 48.6 Å². The van der Waals surface area contributed by atoms with Gasteiger partial charge in [0.25, 0.3) is 0 Å². The molecule has 0 nitrogen and oxygen atoms in total. The number of hydrogen-bond donors (Lipinski definition) is 0. The van der Waals surface area contributed by atoms with E-state index >= 15 is 0 Å². The van der Waals surface area contributed by atoms with Crippen LogP contribution >= 0.6 is 0 Å². The molecule has 4 aliphatic rings. The second-order valence-electron chi connectivity index (χ2n) is 8.03. The van der Waals surface area contributed by atoms with Crippen LogP contribution in [-0.2, 0) is 26.2 Å². The molecule has 4 rings (SSSR count). The Morgan fingerprint density at radius 1 is 0.731 bits per heavy atom. The van der Waals surface area contributed by atoms with Crippen molar-refractivity contribution in [3.63, 3.8) is 0 Å². The van der Waals surface area contributed by atoms with E-state index in [-0.39, 0.29) is 51.0 Å². The van der Waals surface area contributed by atoms with Gasteiger partial charge in [-0.25, -0.2) is 0 Å². The van der Waals surface area contributed by atoms with Gasteiger partial charge in [0.05, 0.1) is 0 Å². The Labute approximate surface area is 193 Å². The van der Waals surface area contributed by atoms with Gasteiger partial charge in [0, 0.05) is 8.07 Å². The minimum Gasteiger partial charge on any atom is -1.00 e. The van der Waals surface area contributed by atoms with E-state index in [0.717, 1.165) is 34.8 Å². The molecule has 2 saturated carbocycles. The average Bonchev–Trinajstić information content (AvgIpc) is 3.21. The van der Waals surface area contributed by atoms with Gasteiger partial charge in [-0.2, -0.15) is 11.1 Å². The zero-order valence-corrected chi connectivity index (χ0v) is 20.8. The third-order valence-corrected chi connectivity index (χ3v) is 13.8. The van der Waals surface area contributed by atoms with E-state index in [4.69, 9.17) is 0 Å². The number of hydrogen-bond acceptors (Lipinski definition) is 0. The third kappa shape index (κ3) is 4.29. The van der Waals surface area contributed by atoms with E-state index in [2.05, 4.69) is 75.3 Å². The Morgan fingerprint density at radius 3 is 1.46 bits per heavy atom. The summed E-state index contributed by atoms with van der Waals surface area (Å²) < 4.78 is 0. The molecule has 6 unspecified atom stereocenters. The molecule has 0 heterocycles. The van der Waals surface area contributed by atoms with E-state index in [1.165, 1.54) is 24.9 Å². The molecule has 4 aliphatic carbocycles. The molecule has 6 atom stereocenters. The summed E-state index contributed by atoms with van der Waals surface area (Å²) in [5.41, 5.74) is 1.82. The van der Waals surface area contributed by atoms with Crippen LogP contribution in [0.1, 0.15) is 26.7 Å². The van der Waals surface area contributed by atoms with Gasteiger partial charge >= 0.3 is 26.2 Å². The zero-order valence-electron chi connectivity index (χ0n) is 15.8. The number of fused-ring (bicyclic) bond motifs is 2. The fraction of sp³-hybridized carbons (Fsp3) is 0.545. The first-order valence-corrected chi connectivity index (χ1v) is 12.2. The molecule has 26 heavy (non-hydrogen) atoms. The summed E-state index contributed by atoms with van der Waals surface area (Å²) in [6.07, 6.45) is 27.3. The SMILES string of the molecule is CC[Si](CC)(C1[CH-]C2C=CC=CC2C1)C1[CH-]C2C=CC=CC2C1.[Cl-].[Cl-].[Zr+4]. The fourth-order valence-corrected chi connectivity index (χ4v) is 11.8. The van der Waals surface area contributed by atoms with Gasteiger partial charge in [-0.3, -0.25) is 0 Å². The van der Waals surface area contributed by atoms with Crippen LogP contribution in [0.25, 0.3) is 0 Å². The maximum atomic E-state index is 2.77. The standard InChI is InChI=1S/C22H30Si.2ClH.Zr/c1-3-23(4-2,21-13-17-9-5-6-10-18(17)14-21)22-15-19-11-7-8-12-20(19)16-22;;;/h5-13,15,17-22H,3-4,14,16H2,1-2H3;2*1H;/q-2;;;+4/p-2. The van der Waals surface area contributed by atoms with Crippen LogP contribution in [0.5, 0.6) is 0 Å². The van der Waals surface area contributed by atoms with Crippen LogP contribution in [0.4, 0.5) is 0 Å². The van der Waals surface area contributed by atoms with E-state index in [0.29, 0.717) is 0 Å². The maximum Gasteiger partial charge on any atom is 4.00 e. The van der Waals surface area contributed by atoms with E-state index in [1.54, 1.807) is 0 Å². The molecular formula is C22H30Cl2SiZr. The van der Waals surface area contributed by atoms with Gasteiger partial charge in [0.1, 0.15) is 0 Å². The minimum absolute atomic E-state index is 0. The van der Waals surface area contributed by atoms with Crippen LogP contribution in [0.3, 0.4) is 0 Å². The molecular weight excluding hydrogens is 454 g/mol. The first-order chi connectivity index (χ1) is 11.3. The summed E-state index contributed by atoms with van der Waals surface area (Å²) in [5.74, 6) is 3.02. The smallest absolute Gasteiger partial charge is 1.00 e.